The maximum atomic E-state index is 12.0. The summed E-state index contributed by atoms with van der Waals surface area (Å²) in [7, 11) is 1.64. The zero-order chi connectivity index (χ0) is 15.2. The number of aryl methyl sites for hydroxylation is 2. The predicted octanol–water partition coefficient (Wildman–Crippen LogP) is 3.41. The molecule has 1 amide bonds. The van der Waals surface area contributed by atoms with Crippen molar-refractivity contribution in [2.75, 3.05) is 7.11 Å². The van der Waals surface area contributed by atoms with E-state index >= 15 is 0 Å². The van der Waals surface area contributed by atoms with Gasteiger partial charge in [-0.1, -0.05) is 12.1 Å². The van der Waals surface area contributed by atoms with Gasteiger partial charge in [0.2, 0.25) is 5.91 Å². The zero-order valence-corrected chi connectivity index (χ0v) is 12.7. The number of rotatable bonds is 6. The van der Waals surface area contributed by atoms with Crippen LogP contribution in [0.15, 0.2) is 40.8 Å². The zero-order valence-electron chi connectivity index (χ0n) is 12.7. The third-order valence-corrected chi connectivity index (χ3v) is 3.34. The number of amides is 1. The molecule has 21 heavy (non-hydrogen) atoms. The van der Waals surface area contributed by atoms with Crippen LogP contribution in [0.4, 0.5) is 0 Å². The third-order valence-electron chi connectivity index (χ3n) is 3.34. The van der Waals surface area contributed by atoms with Crippen LogP contribution in [-0.4, -0.2) is 13.0 Å². The van der Waals surface area contributed by atoms with E-state index < -0.39 is 0 Å². The number of carbonyl (C=O) groups excluding carboxylic acids is 1. The molecule has 0 saturated carbocycles. The highest BCUT2D eigenvalue weighted by molar-refractivity contribution is 5.76. The summed E-state index contributed by atoms with van der Waals surface area (Å²) in [5.41, 5.74) is 1.09. The van der Waals surface area contributed by atoms with Gasteiger partial charge in [0.15, 0.2) is 0 Å². The molecule has 0 fully saturated rings. The van der Waals surface area contributed by atoms with Gasteiger partial charge in [-0.2, -0.15) is 0 Å². The highest BCUT2D eigenvalue weighted by atomic mass is 16.5. The average molecular weight is 287 g/mol. The Hall–Kier alpha value is -2.23. The topological polar surface area (TPSA) is 51.5 Å². The lowest BCUT2D eigenvalue weighted by molar-refractivity contribution is -0.121. The number of hydrogen-bond donors (Lipinski definition) is 1. The number of carbonyl (C=O) groups is 1. The van der Waals surface area contributed by atoms with Crippen LogP contribution in [0.1, 0.15) is 36.5 Å². The second kappa shape index (κ2) is 6.97. The van der Waals surface area contributed by atoms with E-state index in [0.29, 0.717) is 12.8 Å². The molecule has 2 aromatic rings. The van der Waals surface area contributed by atoms with Gasteiger partial charge in [-0.25, -0.2) is 0 Å². The smallest absolute Gasteiger partial charge is 0.220 e. The molecular weight excluding hydrogens is 266 g/mol. The highest BCUT2D eigenvalue weighted by Gasteiger charge is 2.12. The van der Waals surface area contributed by atoms with Gasteiger partial charge in [-0.3, -0.25) is 4.79 Å². The lowest BCUT2D eigenvalue weighted by Gasteiger charge is -2.11. The van der Waals surface area contributed by atoms with Gasteiger partial charge >= 0.3 is 0 Å². The summed E-state index contributed by atoms with van der Waals surface area (Å²) in [6.07, 6.45) is 1.13. The average Bonchev–Trinajstić information content (AvgIpc) is 2.92. The number of nitrogens with one attached hydrogen (secondary N) is 1. The van der Waals surface area contributed by atoms with Gasteiger partial charge in [0, 0.05) is 6.42 Å². The number of ether oxygens (including phenoxy) is 1. The van der Waals surface area contributed by atoms with Crippen LogP contribution in [0.5, 0.6) is 5.75 Å². The summed E-state index contributed by atoms with van der Waals surface area (Å²) in [6, 6.07) is 11.4. The summed E-state index contributed by atoms with van der Waals surface area (Å²) in [4.78, 5) is 12.0. The van der Waals surface area contributed by atoms with E-state index in [2.05, 4.69) is 5.32 Å². The number of hydrogen-bond acceptors (Lipinski definition) is 3. The van der Waals surface area contributed by atoms with Crippen LogP contribution in [0.3, 0.4) is 0 Å². The molecule has 0 aliphatic rings. The van der Waals surface area contributed by atoms with Gasteiger partial charge in [0.25, 0.3) is 0 Å². The maximum absolute atomic E-state index is 12.0. The van der Waals surface area contributed by atoms with Crippen molar-refractivity contribution in [2.45, 2.75) is 32.7 Å². The van der Waals surface area contributed by atoms with Crippen molar-refractivity contribution in [3.05, 3.63) is 53.5 Å². The fraction of sp³-hybridized carbons (Fsp3) is 0.353. The number of methoxy groups -OCH3 is 1. The first-order valence-corrected chi connectivity index (χ1v) is 7.07. The second-order valence-corrected chi connectivity index (χ2v) is 5.09. The number of benzene rings is 1. The molecule has 0 aliphatic heterocycles. The Labute approximate surface area is 125 Å². The van der Waals surface area contributed by atoms with Crippen molar-refractivity contribution in [3.63, 3.8) is 0 Å². The van der Waals surface area contributed by atoms with E-state index in [1.807, 2.05) is 50.2 Å². The first-order valence-electron chi connectivity index (χ1n) is 7.07. The Bertz CT molecular complexity index is 604. The molecule has 1 aromatic carbocycles. The normalized spacial score (nSPS) is 12.0. The van der Waals surface area contributed by atoms with E-state index in [9.17, 15) is 4.79 Å². The Morgan fingerprint density at radius 1 is 1.33 bits per heavy atom. The molecule has 1 aromatic heterocycles. The molecule has 0 aliphatic carbocycles. The van der Waals surface area contributed by atoms with Crippen LogP contribution in [0.2, 0.25) is 0 Å². The first kappa shape index (κ1) is 15.2. The van der Waals surface area contributed by atoms with Crippen LogP contribution >= 0.6 is 0 Å². The van der Waals surface area contributed by atoms with Crippen molar-refractivity contribution in [3.8, 4) is 5.75 Å². The Kier molecular flexibility index (Phi) is 5.04. The largest absolute Gasteiger partial charge is 0.497 e. The minimum atomic E-state index is -0.114. The van der Waals surface area contributed by atoms with Crippen molar-refractivity contribution in [1.82, 2.24) is 5.32 Å². The van der Waals surface area contributed by atoms with Gasteiger partial charge in [0.05, 0.1) is 13.2 Å². The Morgan fingerprint density at radius 2 is 2.14 bits per heavy atom. The second-order valence-electron chi connectivity index (χ2n) is 5.09. The standard InChI is InChI=1S/C17H21NO3/c1-12-7-9-16(21-12)13(2)18-17(19)10-8-14-5-4-6-15(11-14)20-3/h4-7,9,11,13H,8,10H2,1-3H3,(H,18,19). The molecule has 1 heterocycles. The summed E-state index contributed by atoms with van der Waals surface area (Å²) in [6.45, 7) is 3.81. The monoisotopic (exact) mass is 287 g/mol. The Balaban J connectivity index is 1.84. The molecule has 1 N–H and O–H groups in total. The third kappa shape index (κ3) is 4.38. The molecule has 2 rings (SSSR count). The van der Waals surface area contributed by atoms with Crippen LogP contribution in [0, 0.1) is 6.92 Å². The van der Waals surface area contributed by atoms with Crippen molar-refractivity contribution < 1.29 is 13.9 Å². The minimum absolute atomic E-state index is 0.0133. The molecule has 4 nitrogen and oxygen atoms in total. The summed E-state index contributed by atoms with van der Waals surface area (Å²) in [5.74, 6) is 2.46. The molecule has 1 unspecified atom stereocenters. The molecule has 112 valence electrons. The lowest BCUT2D eigenvalue weighted by Crippen LogP contribution is -2.26. The lowest BCUT2D eigenvalue weighted by atomic mass is 10.1. The minimum Gasteiger partial charge on any atom is -0.497 e. The van der Waals surface area contributed by atoms with Gasteiger partial charge < -0.3 is 14.5 Å². The van der Waals surface area contributed by atoms with Crippen LogP contribution in [0.25, 0.3) is 0 Å². The van der Waals surface area contributed by atoms with Gasteiger partial charge in [-0.15, -0.1) is 0 Å². The first-order chi connectivity index (χ1) is 10.1. The molecular formula is C17H21NO3. The molecule has 0 bridgehead atoms. The van der Waals surface area contributed by atoms with Gasteiger partial charge in [0.1, 0.15) is 17.3 Å². The van der Waals surface area contributed by atoms with E-state index in [-0.39, 0.29) is 11.9 Å². The molecule has 4 heteroatoms. The van der Waals surface area contributed by atoms with Crippen molar-refractivity contribution in [2.24, 2.45) is 0 Å². The molecule has 1 atom stereocenters. The summed E-state index contributed by atoms with van der Waals surface area (Å²) in [5, 5.41) is 2.94. The van der Waals surface area contributed by atoms with E-state index in [4.69, 9.17) is 9.15 Å². The fourth-order valence-corrected chi connectivity index (χ4v) is 2.16. The Morgan fingerprint density at radius 3 is 2.81 bits per heavy atom. The van der Waals surface area contributed by atoms with Crippen LogP contribution < -0.4 is 10.1 Å². The molecule has 0 radical (unpaired) electrons. The van der Waals surface area contributed by atoms with E-state index in [1.54, 1.807) is 7.11 Å². The summed E-state index contributed by atoms with van der Waals surface area (Å²) >= 11 is 0. The maximum Gasteiger partial charge on any atom is 0.220 e. The SMILES string of the molecule is COc1cccc(CCC(=O)NC(C)c2ccc(C)o2)c1. The molecule has 0 saturated heterocycles. The number of furan rings is 1. The predicted molar refractivity (Wildman–Crippen MR) is 81.3 cm³/mol. The van der Waals surface area contributed by atoms with E-state index in [0.717, 1.165) is 22.8 Å². The van der Waals surface area contributed by atoms with Crippen molar-refractivity contribution in [1.29, 1.82) is 0 Å². The van der Waals surface area contributed by atoms with Gasteiger partial charge in [-0.05, 0) is 50.1 Å². The highest BCUT2D eigenvalue weighted by Crippen LogP contribution is 2.17. The summed E-state index contributed by atoms with van der Waals surface area (Å²) < 4.78 is 10.7. The molecule has 0 spiro atoms. The van der Waals surface area contributed by atoms with Crippen LogP contribution in [-0.2, 0) is 11.2 Å². The quantitative estimate of drug-likeness (QED) is 0.885. The van der Waals surface area contributed by atoms with E-state index in [1.165, 1.54) is 0 Å². The van der Waals surface area contributed by atoms with Crippen molar-refractivity contribution >= 4 is 5.91 Å². The fourth-order valence-electron chi connectivity index (χ4n) is 2.16.